The van der Waals surface area contributed by atoms with Crippen LogP contribution in [0, 0.1) is 5.92 Å². The van der Waals surface area contributed by atoms with Gasteiger partial charge in [-0.25, -0.2) is 17.9 Å². The molecule has 0 heterocycles. The molecule has 0 aliphatic heterocycles. The Labute approximate surface area is 94.3 Å². The summed E-state index contributed by atoms with van der Waals surface area (Å²) in [6.45, 7) is 3.23. The fourth-order valence-corrected chi connectivity index (χ4v) is 1.55. The molecule has 0 aliphatic rings. The van der Waals surface area contributed by atoms with E-state index in [0.29, 0.717) is 0 Å². The van der Waals surface area contributed by atoms with Crippen LogP contribution in [0.1, 0.15) is 13.8 Å². The number of carboxylic acids is 1. The van der Waals surface area contributed by atoms with Crippen molar-refractivity contribution >= 4 is 21.9 Å². The molecule has 7 nitrogen and oxygen atoms in total. The van der Waals surface area contributed by atoms with Crippen molar-refractivity contribution in [1.82, 2.24) is 10.0 Å². The Morgan fingerprint density at radius 3 is 2.12 bits per heavy atom. The molecule has 0 saturated heterocycles. The highest BCUT2D eigenvalue weighted by atomic mass is 32.2. The Morgan fingerprint density at radius 2 is 1.81 bits per heavy atom. The summed E-state index contributed by atoms with van der Waals surface area (Å²) in [5.74, 6) is -3.13. The van der Waals surface area contributed by atoms with Gasteiger partial charge in [0.15, 0.2) is 0 Å². The second-order valence-electron chi connectivity index (χ2n) is 3.59. The van der Waals surface area contributed by atoms with Crippen molar-refractivity contribution in [3.8, 4) is 0 Å². The molecule has 1 amide bonds. The Hall–Kier alpha value is -1.15. The van der Waals surface area contributed by atoms with E-state index in [4.69, 9.17) is 5.11 Å². The summed E-state index contributed by atoms with van der Waals surface area (Å²) < 4.78 is 24.0. The van der Waals surface area contributed by atoms with Crippen molar-refractivity contribution < 1.29 is 23.1 Å². The highest BCUT2D eigenvalue weighted by Crippen LogP contribution is 2.01. The van der Waals surface area contributed by atoms with Crippen LogP contribution in [-0.2, 0) is 19.6 Å². The number of carbonyl (C=O) groups excluding carboxylic acids is 1. The monoisotopic (exact) mass is 252 g/mol. The van der Waals surface area contributed by atoms with E-state index in [1.807, 2.05) is 4.72 Å². The fourth-order valence-electron chi connectivity index (χ4n) is 0.973. The number of carboxylic acid groups (broad SMARTS) is 1. The molecule has 0 rings (SSSR count). The van der Waals surface area contributed by atoms with Gasteiger partial charge in [-0.05, 0) is 13.0 Å². The van der Waals surface area contributed by atoms with Crippen LogP contribution in [0.5, 0.6) is 0 Å². The number of carbonyl (C=O) groups is 2. The largest absolute Gasteiger partial charge is 0.480 e. The second kappa shape index (κ2) is 5.80. The minimum atomic E-state index is -3.67. The molecule has 0 bridgehead atoms. The van der Waals surface area contributed by atoms with Gasteiger partial charge in [-0.2, -0.15) is 0 Å². The van der Waals surface area contributed by atoms with Crippen LogP contribution in [-0.4, -0.2) is 44.2 Å². The first-order valence-corrected chi connectivity index (χ1v) is 6.28. The molecule has 0 fully saturated rings. The summed E-state index contributed by atoms with van der Waals surface area (Å²) in [6.07, 6.45) is 0. The first-order valence-electron chi connectivity index (χ1n) is 4.63. The number of aliphatic carboxylic acids is 1. The summed E-state index contributed by atoms with van der Waals surface area (Å²) in [5, 5.41) is 10.9. The first-order chi connectivity index (χ1) is 7.19. The van der Waals surface area contributed by atoms with Crippen LogP contribution in [0.3, 0.4) is 0 Å². The van der Waals surface area contributed by atoms with Gasteiger partial charge in [0.25, 0.3) is 0 Å². The molecule has 94 valence electrons. The van der Waals surface area contributed by atoms with Crippen LogP contribution in [0.2, 0.25) is 0 Å². The molecular weight excluding hydrogens is 236 g/mol. The van der Waals surface area contributed by atoms with E-state index in [-0.39, 0.29) is 5.92 Å². The molecule has 0 saturated carbocycles. The summed E-state index contributed by atoms with van der Waals surface area (Å²) in [5.41, 5.74) is 0. The summed E-state index contributed by atoms with van der Waals surface area (Å²) in [7, 11) is -2.49. The maximum Gasteiger partial charge on any atom is 0.326 e. The lowest BCUT2D eigenvalue weighted by Crippen LogP contribution is -2.47. The van der Waals surface area contributed by atoms with Gasteiger partial charge in [0.05, 0.1) is 0 Å². The van der Waals surface area contributed by atoms with Gasteiger partial charge in [-0.15, -0.1) is 0 Å². The van der Waals surface area contributed by atoms with Crippen molar-refractivity contribution in [2.45, 2.75) is 19.9 Å². The molecule has 16 heavy (non-hydrogen) atoms. The number of hydrogen-bond donors (Lipinski definition) is 3. The van der Waals surface area contributed by atoms with Crippen LogP contribution < -0.4 is 10.0 Å². The third-order valence-electron chi connectivity index (χ3n) is 1.88. The number of amides is 1. The highest BCUT2D eigenvalue weighted by molar-refractivity contribution is 7.90. The topological polar surface area (TPSA) is 113 Å². The average Bonchev–Trinajstić information content (AvgIpc) is 2.12. The maximum atomic E-state index is 11.2. The Morgan fingerprint density at radius 1 is 1.31 bits per heavy atom. The van der Waals surface area contributed by atoms with Gasteiger partial charge in [0, 0.05) is 0 Å². The van der Waals surface area contributed by atoms with Crippen molar-refractivity contribution in [3.63, 3.8) is 0 Å². The minimum Gasteiger partial charge on any atom is -0.480 e. The Kier molecular flexibility index (Phi) is 5.39. The summed E-state index contributed by atoms with van der Waals surface area (Å²) >= 11 is 0. The average molecular weight is 252 g/mol. The van der Waals surface area contributed by atoms with Gasteiger partial charge in [0.2, 0.25) is 15.9 Å². The van der Waals surface area contributed by atoms with Crippen LogP contribution in [0.25, 0.3) is 0 Å². The minimum absolute atomic E-state index is 0.321. The quantitative estimate of drug-likeness (QED) is 0.547. The predicted octanol–water partition coefficient (Wildman–Crippen LogP) is -1.24. The van der Waals surface area contributed by atoms with E-state index in [1.165, 1.54) is 7.05 Å². The summed E-state index contributed by atoms with van der Waals surface area (Å²) in [6, 6.07) is -1.08. The second-order valence-corrected chi connectivity index (χ2v) is 5.52. The van der Waals surface area contributed by atoms with E-state index >= 15 is 0 Å². The Balaban J connectivity index is 4.50. The van der Waals surface area contributed by atoms with Gasteiger partial charge < -0.3 is 10.4 Å². The van der Waals surface area contributed by atoms with Crippen molar-refractivity contribution in [1.29, 1.82) is 0 Å². The molecule has 1 atom stereocenters. The van der Waals surface area contributed by atoms with Gasteiger partial charge >= 0.3 is 5.97 Å². The summed E-state index contributed by atoms with van der Waals surface area (Å²) in [4.78, 5) is 22.0. The third-order valence-corrected chi connectivity index (χ3v) is 3.15. The molecule has 0 aromatic rings. The molecule has 3 N–H and O–H groups in total. The lowest BCUT2D eigenvalue weighted by Gasteiger charge is -2.17. The third kappa shape index (κ3) is 5.08. The van der Waals surface area contributed by atoms with E-state index < -0.39 is 33.7 Å². The smallest absolute Gasteiger partial charge is 0.326 e. The van der Waals surface area contributed by atoms with Crippen LogP contribution in [0.15, 0.2) is 0 Å². The van der Waals surface area contributed by atoms with E-state index in [2.05, 4.69) is 5.32 Å². The maximum absolute atomic E-state index is 11.2. The SMILES string of the molecule is CNS(=O)(=O)CC(=O)N[C@@H](C(=O)O)C(C)C. The number of nitrogens with one attached hydrogen (secondary N) is 2. The molecule has 0 aromatic carbocycles. The van der Waals surface area contributed by atoms with Gasteiger partial charge in [0.1, 0.15) is 11.8 Å². The van der Waals surface area contributed by atoms with Crippen molar-refractivity contribution in [2.75, 3.05) is 12.8 Å². The first kappa shape index (κ1) is 14.8. The molecule has 0 spiro atoms. The number of sulfonamides is 1. The van der Waals surface area contributed by atoms with E-state index in [9.17, 15) is 18.0 Å². The molecule has 0 aliphatic carbocycles. The lowest BCUT2D eigenvalue weighted by atomic mass is 10.1. The number of hydrogen-bond acceptors (Lipinski definition) is 4. The van der Waals surface area contributed by atoms with Crippen LogP contribution in [0.4, 0.5) is 0 Å². The molecular formula is C8H16N2O5S. The zero-order valence-electron chi connectivity index (χ0n) is 9.35. The standard InChI is InChI=1S/C8H16N2O5S/c1-5(2)7(8(12)13)10-6(11)4-16(14,15)9-3/h5,7,9H,4H2,1-3H3,(H,10,11)(H,12,13)/t7-/m1/s1. The Bertz CT molecular complexity index is 363. The highest BCUT2D eigenvalue weighted by Gasteiger charge is 2.25. The molecule has 0 aromatic heterocycles. The number of rotatable bonds is 6. The van der Waals surface area contributed by atoms with E-state index in [0.717, 1.165) is 0 Å². The van der Waals surface area contributed by atoms with Gasteiger partial charge in [-0.1, -0.05) is 13.8 Å². The van der Waals surface area contributed by atoms with Gasteiger partial charge in [-0.3, -0.25) is 4.79 Å². The molecule has 8 heteroatoms. The fraction of sp³-hybridized carbons (Fsp3) is 0.750. The normalized spacial score (nSPS) is 13.5. The zero-order valence-corrected chi connectivity index (χ0v) is 10.2. The van der Waals surface area contributed by atoms with Crippen molar-refractivity contribution in [3.05, 3.63) is 0 Å². The van der Waals surface area contributed by atoms with E-state index in [1.54, 1.807) is 13.8 Å². The molecule has 0 radical (unpaired) electrons. The lowest BCUT2D eigenvalue weighted by molar-refractivity contribution is -0.142. The van der Waals surface area contributed by atoms with Crippen molar-refractivity contribution in [2.24, 2.45) is 5.92 Å². The molecule has 0 unspecified atom stereocenters. The predicted molar refractivity (Wildman–Crippen MR) is 57.3 cm³/mol. The zero-order chi connectivity index (χ0) is 12.9. The van der Waals surface area contributed by atoms with Crippen LogP contribution >= 0.6 is 0 Å².